The van der Waals surface area contributed by atoms with Crippen LogP contribution >= 0.6 is 10.7 Å². The van der Waals surface area contributed by atoms with Gasteiger partial charge in [-0.3, -0.25) is 4.79 Å². The number of carbonyl (C=O) groups excluding carboxylic acids is 1. The van der Waals surface area contributed by atoms with Gasteiger partial charge < -0.3 is 4.90 Å². The van der Waals surface area contributed by atoms with Gasteiger partial charge in [-0.2, -0.15) is 0 Å². The average Bonchev–Trinajstić information content (AvgIpc) is 2.37. The van der Waals surface area contributed by atoms with Crippen molar-refractivity contribution in [3.05, 3.63) is 29.3 Å². The molecule has 0 heterocycles. The molecule has 1 amide bonds. The summed E-state index contributed by atoms with van der Waals surface area (Å²) < 4.78 is 49.8. The SMILES string of the molecule is CCC(C)N(CC)C(=O)c1cc(S(=O)(=O)Cl)c(F)cc1F. The van der Waals surface area contributed by atoms with E-state index in [0.717, 1.165) is 0 Å². The molecule has 0 saturated heterocycles. The van der Waals surface area contributed by atoms with Gasteiger partial charge >= 0.3 is 0 Å². The molecule has 0 saturated carbocycles. The highest BCUT2D eigenvalue weighted by Gasteiger charge is 2.26. The summed E-state index contributed by atoms with van der Waals surface area (Å²) in [6.45, 7) is 5.66. The van der Waals surface area contributed by atoms with E-state index >= 15 is 0 Å². The molecule has 0 aliphatic rings. The van der Waals surface area contributed by atoms with Crippen LogP contribution in [0.5, 0.6) is 0 Å². The van der Waals surface area contributed by atoms with Crippen LogP contribution in [0.2, 0.25) is 0 Å². The zero-order valence-electron chi connectivity index (χ0n) is 11.9. The lowest BCUT2D eigenvalue weighted by atomic mass is 10.1. The maximum atomic E-state index is 13.8. The molecule has 8 heteroatoms. The van der Waals surface area contributed by atoms with Crippen molar-refractivity contribution in [1.82, 2.24) is 4.90 Å². The van der Waals surface area contributed by atoms with Crippen molar-refractivity contribution < 1.29 is 22.0 Å². The Labute approximate surface area is 127 Å². The fourth-order valence-corrected chi connectivity index (χ4v) is 2.82. The highest BCUT2D eigenvalue weighted by Crippen LogP contribution is 2.24. The topological polar surface area (TPSA) is 54.5 Å². The molecule has 0 bridgehead atoms. The Morgan fingerprint density at radius 1 is 1.29 bits per heavy atom. The number of halogens is 3. The minimum atomic E-state index is -4.40. The Kier molecular flexibility index (Phi) is 5.69. The summed E-state index contributed by atoms with van der Waals surface area (Å²) in [7, 11) is 0.676. The second kappa shape index (κ2) is 6.70. The molecule has 0 fully saturated rings. The quantitative estimate of drug-likeness (QED) is 0.774. The highest BCUT2D eigenvalue weighted by molar-refractivity contribution is 8.13. The molecule has 1 unspecified atom stereocenters. The largest absolute Gasteiger partial charge is 0.336 e. The first-order valence-corrected chi connectivity index (χ1v) is 8.69. The lowest BCUT2D eigenvalue weighted by Gasteiger charge is -2.27. The third-order valence-corrected chi connectivity index (χ3v) is 4.58. The van der Waals surface area contributed by atoms with Gasteiger partial charge in [0.05, 0.1) is 5.56 Å². The second-order valence-corrected chi connectivity index (χ2v) is 7.08. The number of hydrogen-bond acceptors (Lipinski definition) is 3. The first-order valence-electron chi connectivity index (χ1n) is 6.38. The van der Waals surface area contributed by atoms with Crippen LogP contribution in [-0.4, -0.2) is 31.8 Å². The Morgan fingerprint density at radius 2 is 1.86 bits per heavy atom. The van der Waals surface area contributed by atoms with Crippen molar-refractivity contribution in [2.45, 2.75) is 38.1 Å². The number of hydrogen-bond donors (Lipinski definition) is 0. The Morgan fingerprint density at radius 3 is 2.29 bits per heavy atom. The van der Waals surface area contributed by atoms with E-state index in [9.17, 15) is 22.0 Å². The fourth-order valence-electron chi connectivity index (χ4n) is 1.91. The highest BCUT2D eigenvalue weighted by atomic mass is 35.7. The van der Waals surface area contributed by atoms with Gasteiger partial charge in [0.2, 0.25) is 0 Å². The normalized spacial score (nSPS) is 13.0. The molecule has 0 radical (unpaired) electrons. The van der Waals surface area contributed by atoms with E-state index in [-0.39, 0.29) is 6.04 Å². The Bertz CT molecular complexity index is 649. The molecule has 4 nitrogen and oxygen atoms in total. The van der Waals surface area contributed by atoms with Crippen LogP contribution in [0.4, 0.5) is 8.78 Å². The standard InChI is InChI=1S/C13H16ClF2NO3S/c1-4-8(3)17(5-2)13(18)9-6-12(21(14,19)20)11(16)7-10(9)15/h6-8H,4-5H2,1-3H3. The molecule has 0 spiro atoms. The van der Waals surface area contributed by atoms with Gasteiger partial charge in [-0.05, 0) is 26.3 Å². The van der Waals surface area contributed by atoms with Crippen molar-refractivity contribution in [3.8, 4) is 0 Å². The van der Waals surface area contributed by atoms with Gasteiger partial charge in [0, 0.05) is 29.3 Å². The summed E-state index contributed by atoms with van der Waals surface area (Å²) in [4.78, 5) is 12.8. The minimum absolute atomic E-state index is 0.164. The predicted octanol–water partition coefficient (Wildman–Crippen LogP) is 3.15. The van der Waals surface area contributed by atoms with Crippen molar-refractivity contribution in [1.29, 1.82) is 0 Å². The number of carbonyl (C=O) groups is 1. The van der Waals surface area contributed by atoms with E-state index < -0.39 is 37.1 Å². The molecule has 1 atom stereocenters. The zero-order valence-corrected chi connectivity index (χ0v) is 13.4. The average molecular weight is 340 g/mol. The third kappa shape index (κ3) is 3.91. The minimum Gasteiger partial charge on any atom is -0.336 e. The Hall–Kier alpha value is -1.21. The molecule has 21 heavy (non-hydrogen) atoms. The molecule has 0 aliphatic heterocycles. The lowest BCUT2D eigenvalue weighted by molar-refractivity contribution is 0.0694. The summed E-state index contributed by atoms with van der Waals surface area (Å²) in [6.07, 6.45) is 0.642. The van der Waals surface area contributed by atoms with Gasteiger partial charge in [0.25, 0.3) is 15.0 Å². The number of amides is 1. The maximum Gasteiger partial charge on any atom is 0.264 e. The monoisotopic (exact) mass is 339 g/mol. The van der Waals surface area contributed by atoms with Crippen LogP contribution in [-0.2, 0) is 9.05 Å². The van der Waals surface area contributed by atoms with Crippen molar-refractivity contribution in [2.24, 2.45) is 0 Å². The molecule has 0 aliphatic carbocycles. The van der Waals surface area contributed by atoms with Crippen molar-refractivity contribution >= 4 is 25.6 Å². The van der Waals surface area contributed by atoms with Gasteiger partial charge in [0.15, 0.2) is 0 Å². The predicted molar refractivity (Wildman–Crippen MR) is 75.9 cm³/mol. The summed E-state index contributed by atoms with van der Waals surface area (Å²) >= 11 is 0. The van der Waals surface area contributed by atoms with Crippen LogP contribution in [0.3, 0.4) is 0 Å². The van der Waals surface area contributed by atoms with Gasteiger partial charge in [-0.1, -0.05) is 6.92 Å². The molecule has 1 rings (SSSR count). The van der Waals surface area contributed by atoms with E-state index in [2.05, 4.69) is 0 Å². The molecule has 0 aromatic heterocycles. The number of benzene rings is 1. The third-order valence-electron chi connectivity index (χ3n) is 3.24. The summed E-state index contributed by atoms with van der Waals surface area (Å²) in [5, 5.41) is 0. The molecule has 1 aromatic carbocycles. The smallest absolute Gasteiger partial charge is 0.264 e. The Balaban J connectivity index is 3.40. The summed E-state index contributed by atoms with van der Waals surface area (Å²) in [6, 6.07) is 0.829. The number of rotatable bonds is 5. The van der Waals surface area contributed by atoms with Gasteiger partial charge in [-0.25, -0.2) is 17.2 Å². The van der Waals surface area contributed by atoms with Crippen LogP contribution in [0.15, 0.2) is 17.0 Å². The van der Waals surface area contributed by atoms with Crippen LogP contribution in [0.25, 0.3) is 0 Å². The van der Waals surface area contributed by atoms with Crippen molar-refractivity contribution in [2.75, 3.05) is 6.54 Å². The summed E-state index contributed by atoms with van der Waals surface area (Å²) in [5.41, 5.74) is -0.516. The summed E-state index contributed by atoms with van der Waals surface area (Å²) in [5.74, 6) is -3.15. The molecule has 0 N–H and O–H groups in total. The second-order valence-electron chi connectivity index (χ2n) is 4.55. The van der Waals surface area contributed by atoms with Crippen LogP contribution in [0, 0.1) is 11.6 Å². The van der Waals surface area contributed by atoms with Crippen LogP contribution < -0.4 is 0 Å². The maximum absolute atomic E-state index is 13.8. The molecular weight excluding hydrogens is 324 g/mol. The van der Waals surface area contributed by atoms with Crippen LogP contribution in [0.1, 0.15) is 37.6 Å². The first-order chi connectivity index (χ1) is 9.63. The fraction of sp³-hybridized carbons (Fsp3) is 0.462. The zero-order chi connectivity index (χ0) is 16.4. The van der Waals surface area contributed by atoms with E-state index in [1.54, 1.807) is 13.8 Å². The van der Waals surface area contributed by atoms with E-state index in [1.165, 1.54) is 4.90 Å². The first kappa shape index (κ1) is 17.8. The number of nitrogens with zero attached hydrogens (tertiary/aromatic N) is 1. The molecule has 118 valence electrons. The molecular formula is C13H16ClF2NO3S. The lowest BCUT2D eigenvalue weighted by Crippen LogP contribution is -2.38. The van der Waals surface area contributed by atoms with E-state index in [1.807, 2.05) is 6.92 Å². The van der Waals surface area contributed by atoms with E-state index in [0.29, 0.717) is 25.1 Å². The van der Waals surface area contributed by atoms with E-state index in [4.69, 9.17) is 10.7 Å². The van der Waals surface area contributed by atoms with Gasteiger partial charge in [0.1, 0.15) is 16.5 Å². The molecule has 1 aromatic rings. The van der Waals surface area contributed by atoms with Gasteiger partial charge in [-0.15, -0.1) is 0 Å². The van der Waals surface area contributed by atoms with Crippen molar-refractivity contribution in [3.63, 3.8) is 0 Å².